The predicted octanol–water partition coefficient (Wildman–Crippen LogP) is 5.14. The lowest BCUT2D eigenvalue weighted by molar-refractivity contribution is -0.117. The van der Waals surface area contributed by atoms with Gasteiger partial charge in [-0.25, -0.2) is 0 Å². The Hall–Kier alpha value is -3.58. The van der Waals surface area contributed by atoms with Gasteiger partial charge in [0.15, 0.2) is 0 Å². The fraction of sp³-hybridized carbons (Fsp3) is 0.200. The summed E-state index contributed by atoms with van der Waals surface area (Å²) in [4.78, 5) is 15.0. The van der Waals surface area contributed by atoms with Crippen LogP contribution in [0.2, 0.25) is 0 Å². The number of amides is 1. The molecule has 1 aliphatic heterocycles. The van der Waals surface area contributed by atoms with Crippen LogP contribution in [0.3, 0.4) is 0 Å². The number of hydrogen-bond acceptors (Lipinski definition) is 3. The third kappa shape index (κ3) is 4.00. The SMILES string of the molecule is Cc1ccccc1-c1ccc(NC(=O)C2CCCN2c2cccc(C#N)c2)cc1. The van der Waals surface area contributed by atoms with Crippen molar-refractivity contribution < 1.29 is 4.79 Å². The van der Waals surface area contributed by atoms with Crippen molar-refractivity contribution in [2.45, 2.75) is 25.8 Å². The van der Waals surface area contributed by atoms with Crippen molar-refractivity contribution in [3.63, 3.8) is 0 Å². The second-order valence-electron chi connectivity index (χ2n) is 7.40. The Labute approximate surface area is 171 Å². The van der Waals surface area contributed by atoms with Crippen LogP contribution in [0.25, 0.3) is 11.1 Å². The summed E-state index contributed by atoms with van der Waals surface area (Å²) in [6.45, 7) is 2.92. The van der Waals surface area contributed by atoms with Crippen LogP contribution in [0, 0.1) is 18.3 Å². The molecule has 0 spiro atoms. The van der Waals surface area contributed by atoms with Crippen molar-refractivity contribution in [1.29, 1.82) is 5.26 Å². The molecule has 0 aliphatic carbocycles. The largest absolute Gasteiger partial charge is 0.359 e. The maximum atomic E-state index is 12.9. The average Bonchev–Trinajstić information content (AvgIpc) is 3.25. The van der Waals surface area contributed by atoms with E-state index in [1.807, 2.05) is 54.6 Å². The van der Waals surface area contributed by atoms with Gasteiger partial charge in [0.1, 0.15) is 6.04 Å². The normalized spacial score (nSPS) is 15.7. The number of carbonyl (C=O) groups excluding carboxylic acids is 1. The number of anilines is 2. The van der Waals surface area contributed by atoms with Crippen LogP contribution in [0.15, 0.2) is 72.8 Å². The van der Waals surface area contributed by atoms with Crippen LogP contribution in [0.1, 0.15) is 24.0 Å². The Morgan fingerprint density at radius 3 is 2.62 bits per heavy atom. The summed E-state index contributed by atoms with van der Waals surface area (Å²) in [6, 6.07) is 25.7. The van der Waals surface area contributed by atoms with E-state index < -0.39 is 0 Å². The number of nitrogens with zero attached hydrogens (tertiary/aromatic N) is 2. The van der Waals surface area contributed by atoms with Crippen molar-refractivity contribution in [3.05, 3.63) is 83.9 Å². The molecule has 0 bridgehead atoms. The van der Waals surface area contributed by atoms with E-state index >= 15 is 0 Å². The molecule has 0 saturated carbocycles. The Kier molecular flexibility index (Phi) is 5.31. The second kappa shape index (κ2) is 8.20. The highest BCUT2D eigenvalue weighted by atomic mass is 16.2. The maximum absolute atomic E-state index is 12.9. The lowest BCUT2D eigenvalue weighted by Gasteiger charge is -2.26. The Morgan fingerprint density at radius 2 is 1.86 bits per heavy atom. The van der Waals surface area contributed by atoms with Gasteiger partial charge in [-0.2, -0.15) is 5.26 Å². The maximum Gasteiger partial charge on any atom is 0.247 e. The molecule has 144 valence electrons. The molecule has 4 heteroatoms. The molecule has 1 saturated heterocycles. The topological polar surface area (TPSA) is 56.1 Å². The van der Waals surface area contributed by atoms with Gasteiger partial charge < -0.3 is 10.2 Å². The Morgan fingerprint density at radius 1 is 1.07 bits per heavy atom. The van der Waals surface area contributed by atoms with Crippen molar-refractivity contribution >= 4 is 17.3 Å². The Bertz CT molecular complexity index is 1070. The van der Waals surface area contributed by atoms with Crippen molar-refractivity contribution in [2.75, 3.05) is 16.8 Å². The molecule has 1 atom stereocenters. The standard InChI is InChI=1S/C25H23N3O/c1-18-6-2-3-9-23(18)20-11-13-21(14-12-20)27-25(29)24-10-5-15-28(24)22-8-4-7-19(16-22)17-26/h2-4,6-9,11-14,16,24H,5,10,15H2,1H3,(H,27,29). The summed E-state index contributed by atoms with van der Waals surface area (Å²) < 4.78 is 0. The van der Waals surface area contributed by atoms with Gasteiger partial charge in [-0.15, -0.1) is 0 Å². The first-order valence-corrected chi connectivity index (χ1v) is 9.89. The fourth-order valence-corrected chi connectivity index (χ4v) is 3.96. The van der Waals surface area contributed by atoms with Crippen molar-refractivity contribution in [1.82, 2.24) is 0 Å². The summed E-state index contributed by atoms with van der Waals surface area (Å²) in [5, 5.41) is 12.2. The summed E-state index contributed by atoms with van der Waals surface area (Å²) in [5.74, 6) is -0.00602. The van der Waals surface area contributed by atoms with Gasteiger partial charge in [0.05, 0.1) is 11.6 Å². The number of benzene rings is 3. The molecule has 3 aromatic rings. The lowest BCUT2D eigenvalue weighted by Crippen LogP contribution is -2.39. The number of carbonyl (C=O) groups is 1. The molecule has 1 fully saturated rings. The molecule has 0 aromatic heterocycles. The van der Waals surface area contributed by atoms with E-state index in [4.69, 9.17) is 5.26 Å². The van der Waals surface area contributed by atoms with E-state index in [2.05, 4.69) is 35.3 Å². The zero-order valence-corrected chi connectivity index (χ0v) is 16.4. The predicted molar refractivity (Wildman–Crippen MR) is 117 cm³/mol. The minimum atomic E-state index is -0.222. The molecule has 3 aromatic carbocycles. The molecular formula is C25H23N3O. The monoisotopic (exact) mass is 381 g/mol. The van der Waals surface area contributed by atoms with Crippen LogP contribution in [-0.4, -0.2) is 18.5 Å². The van der Waals surface area contributed by atoms with E-state index in [1.54, 1.807) is 6.07 Å². The Balaban J connectivity index is 1.48. The molecule has 1 N–H and O–H groups in total. The second-order valence-corrected chi connectivity index (χ2v) is 7.40. The van der Waals surface area contributed by atoms with Crippen LogP contribution in [0.4, 0.5) is 11.4 Å². The average molecular weight is 381 g/mol. The first kappa shape index (κ1) is 18.8. The highest BCUT2D eigenvalue weighted by Crippen LogP contribution is 2.28. The quantitative estimate of drug-likeness (QED) is 0.681. The number of nitrogens with one attached hydrogen (secondary N) is 1. The molecule has 1 unspecified atom stereocenters. The van der Waals surface area contributed by atoms with E-state index in [1.165, 1.54) is 11.1 Å². The van der Waals surface area contributed by atoms with Gasteiger partial charge in [-0.05, 0) is 66.8 Å². The molecule has 29 heavy (non-hydrogen) atoms. The van der Waals surface area contributed by atoms with Gasteiger partial charge in [-0.3, -0.25) is 4.79 Å². The van der Waals surface area contributed by atoms with Crippen LogP contribution >= 0.6 is 0 Å². The van der Waals surface area contributed by atoms with E-state index in [-0.39, 0.29) is 11.9 Å². The first-order valence-electron chi connectivity index (χ1n) is 9.89. The van der Waals surface area contributed by atoms with E-state index in [0.29, 0.717) is 5.56 Å². The molecular weight excluding hydrogens is 358 g/mol. The third-order valence-electron chi connectivity index (χ3n) is 5.47. The zero-order chi connectivity index (χ0) is 20.2. The van der Waals surface area contributed by atoms with Gasteiger partial charge in [-0.1, -0.05) is 42.5 Å². The molecule has 1 aliphatic rings. The summed E-state index contributed by atoms with van der Waals surface area (Å²) in [6.07, 6.45) is 1.77. The third-order valence-corrected chi connectivity index (χ3v) is 5.47. The lowest BCUT2D eigenvalue weighted by atomic mass is 10.0. The number of aryl methyl sites for hydroxylation is 1. The van der Waals surface area contributed by atoms with Crippen molar-refractivity contribution in [3.8, 4) is 17.2 Å². The molecule has 0 radical (unpaired) electrons. The number of rotatable bonds is 4. The number of nitriles is 1. The van der Waals surface area contributed by atoms with E-state index in [0.717, 1.165) is 36.3 Å². The van der Waals surface area contributed by atoms with Crippen LogP contribution in [-0.2, 0) is 4.79 Å². The van der Waals surface area contributed by atoms with Crippen LogP contribution < -0.4 is 10.2 Å². The molecule has 4 nitrogen and oxygen atoms in total. The van der Waals surface area contributed by atoms with Gasteiger partial charge in [0, 0.05) is 17.9 Å². The minimum Gasteiger partial charge on any atom is -0.359 e. The highest BCUT2D eigenvalue weighted by molar-refractivity contribution is 5.97. The first-order chi connectivity index (χ1) is 14.2. The summed E-state index contributed by atoms with van der Waals surface area (Å²) in [7, 11) is 0. The molecule has 4 rings (SSSR count). The zero-order valence-electron chi connectivity index (χ0n) is 16.4. The van der Waals surface area contributed by atoms with Gasteiger partial charge in [0.25, 0.3) is 0 Å². The smallest absolute Gasteiger partial charge is 0.247 e. The number of hydrogen-bond donors (Lipinski definition) is 1. The van der Waals surface area contributed by atoms with Crippen LogP contribution in [0.5, 0.6) is 0 Å². The van der Waals surface area contributed by atoms with Crippen molar-refractivity contribution in [2.24, 2.45) is 0 Å². The van der Waals surface area contributed by atoms with Gasteiger partial charge in [0.2, 0.25) is 5.91 Å². The van der Waals surface area contributed by atoms with E-state index in [9.17, 15) is 4.79 Å². The minimum absolute atomic E-state index is 0.00602. The summed E-state index contributed by atoms with van der Waals surface area (Å²) in [5.41, 5.74) is 5.90. The summed E-state index contributed by atoms with van der Waals surface area (Å²) >= 11 is 0. The fourth-order valence-electron chi connectivity index (χ4n) is 3.96. The molecule has 1 heterocycles. The highest BCUT2D eigenvalue weighted by Gasteiger charge is 2.31. The molecule has 1 amide bonds. The van der Waals surface area contributed by atoms with Gasteiger partial charge >= 0.3 is 0 Å².